The molecule has 1 aromatic heterocycles. The minimum atomic E-state index is -3.45. The Morgan fingerprint density at radius 1 is 1.47 bits per heavy atom. The van der Waals surface area contributed by atoms with Crippen molar-refractivity contribution in [3.8, 4) is 0 Å². The number of aromatic amines is 1. The van der Waals surface area contributed by atoms with Crippen LogP contribution in [-0.4, -0.2) is 30.3 Å². The van der Waals surface area contributed by atoms with Crippen LogP contribution in [0.5, 0.6) is 0 Å². The molecule has 0 unspecified atom stereocenters. The molecule has 1 rings (SSSR count). The normalized spacial score (nSPS) is 13.3. The highest BCUT2D eigenvalue weighted by Crippen LogP contribution is 2.25. The average molecular weight is 259 g/mol. The largest absolute Gasteiger partial charge is 0.363 e. The molecule has 0 saturated carbocycles. The maximum Gasteiger partial charge on any atom is 0.244 e. The Morgan fingerprint density at radius 2 is 2.06 bits per heavy atom. The molecular formula is C11H21N3O2S. The number of aromatic nitrogens is 1. The minimum Gasteiger partial charge on any atom is -0.363 e. The van der Waals surface area contributed by atoms with E-state index < -0.39 is 15.6 Å². The maximum absolute atomic E-state index is 12.3. The number of hydrogen-bond acceptors (Lipinski definition) is 3. The minimum absolute atomic E-state index is 0.266. The Labute approximate surface area is 103 Å². The highest BCUT2D eigenvalue weighted by atomic mass is 32.2. The summed E-state index contributed by atoms with van der Waals surface area (Å²) in [5.74, 6) is 0. The van der Waals surface area contributed by atoms with Gasteiger partial charge < -0.3 is 10.7 Å². The van der Waals surface area contributed by atoms with Crippen LogP contribution in [0.25, 0.3) is 0 Å². The molecule has 0 bridgehead atoms. The van der Waals surface area contributed by atoms with Crippen molar-refractivity contribution in [2.24, 2.45) is 5.73 Å². The van der Waals surface area contributed by atoms with Gasteiger partial charge in [0.25, 0.3) is 0 Å². The fraction of sp³-hybridized carbons (Fsp3) is 0.636. The van der Waals surface area contributed by atoms with Gasteiger partial charge in [-0.3, -0.25) is 0 Å². The molecule has 17 heavy (non-hydrogen) atoms. The van der Waals surface area contributed by atoms with Crippen LogP contribution >= 0.6 is 0 Å². The van der Waals surface area contributed by atoms with Gasteiger partial charge >= 0.3 is 0 Å². The predicted octanol–water partition coefficient (Wildman–Crippen LogP) is 1.28. The third-order valence-corrected chi connectivity index (χ3v) is 5.36. The van der Waals surface area contributed by atoms with Gasteiger partial charge in [-0.25, -0.2) is 8.42 Å². The number of H-pyrrole nitrogens is 1. The Bertz CT molecular complexity index is 477. The summed E-state index contributed by atoms with van der Waals surface area (Å²) in [6, 6.07) is 1.58. The van der Waals surface area contributed by atoms with Crippen LogP contribution in [0.3, 0.4) is 0 Å². The fourth-order valence-corrected chi connectivity index (χ4v) is 2.99. The van der Waals surface area contributed by atoms with E-state index in [1.165, 1.54) is 10.5 Å². The molecule has 5 nitrogen and oxygen atoms in total. The van der Waals surface area contributed by atoms with Crippen LogP contribution in [0.4, 0.5) is 0 Å². The highest BCUT2D eigenvalue weighted by molar-refractivity contribution is 7.89. The van der Waals surface area contributed by atoms with Crippen LogP contribution in [0, 0.1) is 0 Å². The van der Waals surface area contributed by atoms with Crippen molar-refractivity contribution in [3.05, 3.63) is 18.0 Å². The second-order valence-electron chi connectivity index (χ2n) is 4.70. The lowest BCUT2D eigenvalue weighted by Crippen LogP contribution is -2.44. The molecule has 0 aliphatic carbocycles. The van der Waals surface area contributed by atoms with Crippen LogP contribution in [0.15, 0.2) is 17.2 Å². The van der Waals surface area contributed by atoms with Gasteiger partial charge in [-0.05, 0) is 26.3 Å². The topological polar surface area (TPSA) is 79.2 Å². The molecule has 0 fully saturated rings. The van der Waals surface area contributed by atoms with Crippen LogP contribution in [0.1, 0.15) is 32.9 Å². The summed E-state index contributed by atoms with van der Waals surface area (Å²) < 4.78 is 26.1. The van der Waals surface area contributed by atoms with Gasteiger partial charge in [-0.2, -0.15) is 4.31 Å². The van der Waals surface area contributed by atoms with E-state index in [0.29, 0.717) is 12.2 Å². The average Bonchev–Trinajstić information content (AvgIpc) is 2.77. The first-order chi connectivity index (χ1) is 7.75. The molecule has 98 valence electrons. The van der Waals surface area contributed by atoms with E-state index in [0.717, 1.165) is 6.42 Å². The number of nitrogens with zero attached hydrogens (tertiary/aromatic N) is 1. The molecule has 6 heteroatoms. The lowest BCUT2D eigenvalue weighted by Gasteiger charge is -2.33. The second-order valence-corrected chi connectivity index (χ2v) is 6.67. The quantitative estimate of drug-likeness (QED) is 0.836. The number of hydrogen-bond donors (Lipinski definition) is 2. The van der Waals surface area contributed by atoms with Crippen LogP contribution in [0.2, 0.25) is 0 Å². The van der Waals surface area contributed by atoms with Gasteiger partial charge in [-0.15, -0.1) is 0 Å². The molecule has 0 aliphatic heterocycles. The number of rotatable bonds is 5. The summed E-state index contributed by atoms with van der Waals surface area (Å²) in [5.41, 5.74) is 5.77. The Kier molecular flexibility index (Phi) is 4.01. The molecule has 0 aliphatic rings. The molecule has 0 saturated heterocycles. The Hall–Kier alpha value is -0.850. The standard InChI is InChI=1S/C11H21N3O2S/c1-5-11(2,3)14(4)17(15,16)10-6-9(7-12)13-8-10/h6,8,13H,5,7,12H2,1-4H3. The first-order valence-electron chi connectivity index (χ1n) is 5.62. The van der Waals surface area contributed by atoms with Gasteiger partial charge in [0.15, 0.2) is 0 Å². The zero-order valence-electron chi connectivity index (χ0n) is 10.8. The third kappa shape index (κ3) is 2.70. The summed E-state index contributed by atoms with van der Waals surface area (Å²) in [6.07, 6.45) is 2.23. The van der Waals surface area contributed by atoms with Crippen molar-refractivity contribution < 1.29 is 8.42 Å². The summed E-state index contributed by atoms with van der Waals surface area (Å²) in [7, 11) is -1.85. The van der Waals surface area contributed by atoms with Gasteiger partial charge in [0.05, 0.1) is 4.90 Å². The molecular weight excluding hydrogens is 238 g/mol. The van der Waals surface area contributed by atoms with E-state index in [1.807, 2.05) is 20.8 Å². The van der Waals surface area contributed by atoms with E-state index >= 15 is 0 Å². The van der Waals surface area contributed by atoms with Gasteiger partial charge in [0, 0.05) is 31.0 Å². The highest BCUT2D eigenvalue weighted by Gasteiger charge is 2.33. The number of sulfonamides is 1. The van der Waals surface area contributed by atoms with Crippen molar-refractivity contribution in [1.82, 2.24) is 9.29 Å². The van der Waals surface area contributed by atoms with Crippen molar-refractivity contribution in [2.75, 3.05) is 7.05 Å². The van der Waals surface area contributed by atoms with Crippen LogP contribution in [-0.2, 0) is 16.6 Å². The van der Waals surface area contributed by atoms with Crippen molar-refractivity contribution in [1.29, 1.82) is 0 Å². The van der Waals surface area contributed by atoms with E-state index in [1.54, 1.807) is 13.1 Å². The Morgan fingerprint density at radius 3 is 2.47 bits per heavy atom. The monoisotopic (exact) mass is 259 g/mol. The SMILES string of the molecule is CCC(C)(C)N(C)S(=O)(=O)c1c[nH]c(CN)c1. The summed E-state index contributed by atoms with van der Waals surface area (Å²) in [4.78, 5) is 3.12. The maximum atomic E-state index is 12.3. The molecule has 0 amide bonds. The molecule has 1 heterocycles. The number of nitrogens with two attached hydrogens (primary N) is 1. The lowest BCUT2D eigenvalue weighted by molar-refractivity contribution is 0.257. The Balaban J connectivity index is 3.11. The van der Waals surface area contributed by atoms with Crippen molar-refractivity contribution in [2.45, 2.75) is 44.2 Å². The van der Waals surface area contributed by atoms with E-state index in [2.05, 4.69) is 4.98 Å². The van der Waals surface area contributed by atoms with Gasteiger partial charge in [0.1, 0.15) is 0 Å². The fourth-order valence-electron chi connectivity index (χ4n) is 1.39. The number of nitrogens with one attached hydrogen (secondary N) is 1. The predicted molar refractivity (Wildman–Crippen MR) is 68.0 cm³/mol. The first-order valence-corrected chi connectivity index (χ1v) is 7.06. The molecule has 0 radical (unpaired) electrons. The molecule has 1 aromatic rings. The summed E-state index contributed by atoms with van der Waals surface area (Å²) in [5, 5.41) is 0. The van der Waals surface area contributed by atoms with E-state index in [4.69, 9.17) is 5.73 Å². The third-order valence-electron chi connectivity index (χ3n) is 3.31. The molecule has 3 N–H and O–H groups in total. The van der Waals surface area contributed by atoms with Crippen LogP contribution < -0.4 is 5.73 Å². The zero-order valence-corrected chi connectivity index (χ0v) is 11.6. The van der Waals surface area contributed by atoms with Crippen molar-refractivity contribution >= 4 is 10.0 Å². The first kappa shape index (κ1) is 14.2. The second kappa shape index (κ2) is 4.80. The van der Waals surface area contributed by atoms with Crippen molar-refractivity contribution in [3.63, 3.8) is 0 Å². The smallest absolute Gasteiger partial charge is 0.244 e. The molecule has 0 aromatic carbocycles. The van der Waals surface area contributed by atoms with E-state index in [9.17, 15) is 8.42 Å². The lowest BCUT2D eigenvalue weighted by atomic mass is 10.0. The summed E-state index contributed by atoms with van der Waals surface area (Å²) in [6.45, 7) is 6.08. The summed E-state index contributed by atoms with van der Waals surface area (Å²) >= 11 is 0. The zero-order chi connectivity index (χ0) is 13.3. The van der Waals surface area contributed by atoms with E-state index in [-0.39, 0.29) is 4.90 Å². The molecule has 0 spiro atoms. The molecule has 0 atom stereocenters. The van der Waals surface area contributed by atoms with Gasteiger partial charge in [-0.1, -0.05) is 6.92 Å². The van der Waals surface area contributed by atoms with Gasteiger partial charge in [0.2, 0.25) is 10.0 Å².